The van der Waals surface area contributed by atoms with Gasteiger partial charge in [0.25, 0.3) is 0 Å². The van der Waals surface area contributed by atoms with Crippen molar-refractivity contribution in [2.45, 2.75) is 52.4 Å². The summed E-state index contributed by atoms with van der Waals surface area (Å²) in [6.45, 7) is 4.29. The van der Waals surface area contributed by atoms with E-state index in [4.69, 9.17) is 0 Å². The molecular weight excluding hydrogens is 208 g/mol. The first-order chi connectivity index (χ1) is 8.20. The summed E-state index contributed by atoms with van der Waals surface area (Å²) < 4.78 is 0. The molecule has 1 atom stereocenters. The molecule has 0 heterocycles. The van der Waals surface area contributed by atoms with Gasteiger partial charge in [0, 0.05) is 12.0 Å². The molecular formula is C16H22O. The summed E-state index contributed by atoms with van der Waals surface area (Å²) in [5, 5.41) is 0. The molecule has 1 unspecified atom stereocenters. The molecule has 92 valence electrons. The lowest BCUT2D eigenvalue weighted by Crippen LogP contribution is -2.08. The van der Waals surface area contributed by atoms with E-state index in [0.29, 0.717) is 18.1 Å². The van der Waals surface area contributed by atoms with Gasteiger partial charge in [-0.25, -0.2) is 0 Å². The van der Waals surface area contributed by atoms with Crippen LogP contribution in [0.15, 0.2) is 18.2 Å². The molecule has 0 fully saturated rings. The lowest BCUT2D eigenvalue weighted by atomic mass is 9.88. The second-order valence-corrected chi connectivity index (χ2v) is 5.33. The Bertz CT molecular complexity index is 406. The molecule has 1 nitrogen and oxygen atoms in total. The van der Waals surface area contributed by atoms with Crippen molar-refractivity contribution in [2.24, 2.45) is 5.92 Å². The van der Waals surface area contributed by atoms with Crippen LogP contribution in [0.25, 0.3) is 0 Å². The first-order valence-electron chi connectivity index (χ1n) is 6.85. The van der Waals surface area contributed by atoms with Crippen LogP contribution in [-0.4, -0.2) is 5.78 Å². The lowest BCUT2D eigenvalue weighted by molar-refractivity contribution is 0.0963. The van der Waals surface area contributed by atoms with Gasteiger partial charge < -0.3 is 0 Å². The molecule has 17 heavy (non-hydrogen) atoms. The van der Waals surface area contributed by atoms with E-state index in [2.05, 4.69) is 26.0 Å². The normalized spacial score (nSPS) is 16.4. The molecule has 1 aliphatic rings. The monoisotopic (exact) mass is 230 g/mol. The van der Waals surface area contributed by atoms with Crippen molar-refractivity contribution >= 4 is 5.78 Å². The molecule has 0 N–H and O–H groups in total. The summed E-state index contributed by atoms with van der Waals surface area (Å²) in [5.74, 6) is 0.811. The Labute approximate surface area is 104 Å². The number of benzene rings is 1. The van der Waals surface area contributed by atoms with E-state index in [-0.39, 0.29) is 0 Å². The third-order valence-corrected chi connectivity index (χ3v) is 3.90. The molecule has 0 radical (unpaired) electrons. The van der Waals surface area contributed by atoms with Gasteiger partial charge in [-0.15, -0.1) is 0 Å². The summed E-state index contributed by atoms with van der Waals surface area (Å²) in [6.07, 6.45) is 6.68. The smallest absolute Gasteiger partial charge is 0.163 e. The summed E-state index contributed by atoms with van der Waals surface area (Å²) in [5.41, 5.74) is 3.79. The van der Waals surface area contributed by atoms with Crippen LogP contribution in [0.5, 0.6) is 0 Å². The summed E-state index contributed by atoms with van der Waals surface area (Å²) in [6, 6.07) is 6.33. The Hall–Kier alpha value is -1.11. The van der Waals surface area contributed by atoms with Crippen LogP contribution in [-0.2, 0) is 12.8 Å². The van der Waals surface area contributed by atoms with Crippen LogP contribution in [0.4, 0.5) is 0 Å². The Morgan fingerprint density at radius 1 is 1.24 bits per heavy atom. The highest BCUT2D eigenvalue weighted by Crippen LogP contribution is 2.23. The molecule has 0 bridgehead atoms. The van der Waals surface area contributed by atoms with E-state index in [9.17, 15) is 4.79 Å². The van der Waals surface area contributed by atoms with Crippen LogP contribution in [0.1, 0.15) is 61.0 Å². The van der Waals surface area contributed by atoms with Crippen molar-refractivity contribution < 1.29 is 4.79 Å². The van der Waals surface area contributed by atoms with E-state index in [1.165, 1.54) is 30.4 Å². The number of hydrogen-bond donors (Lipinski definition) is 0. The minimum Gasteiger partial charge on any atom is -0.294 e. The second-order valence-electron chi connectivity index (χ2n) is 5.33. The molecule has 0 saturated carbocycles. The molecule has 0 aromatic heterocycles. The van der Waals surface area contributed by atoms with Crippen molar-refractivity contribution in [3.05, 3.63) is 34.9 Å². The van der Waals surface area contributed by atoms with E-state index in [0.717, 1.165) is 18.4 Å². The van der Waals surface area contributed by atoms with E-state index < -0.39 is 0 Å². The standard InChI is InChI=1S/C16H22O/c1-3-12(2)10-16(17)15-9-8-13-6-4-5-7-14(13)11-15/h8-9,11-12H,3-7,10H2,1-2H3. The van der Waals surface area contributed by atoms with Crippen LogP contribution in [0.3, 0.4) is 0 Å². The second kappa shape index (κ2) is 5.48. The lowest BCUT2D eigenvalue weighted by Gasteiger charge is -2.16. The maximum absolute atomic E-state index is 12.1. The first kappa shape index (κ1) is 12.3. The number of carbonyl (C=O) groups excluding carboxylic acids is 1. The van der Waals surface area contributed by atoms with Gasteiger partial charge in [-0.3, -0.25) is 4.79 Å². The van der Waals surface area contributed by atoms with Gasteiger partial charge in [0.15, 0.2) is 5.78 Å². The van der Waals surface area contributed by atoms with Gasteiger partial charge >= 0.3 is 0 Å². The molecule has 0 saturated heterocycles. The van der Waals surface area contributed by atoms with Crippen molar-refractivity contribution in [3.63, 3.8) is 0 Å². The van der Waals surface area contributed by atoms with Crippen molar-refractivity contribution in [1.82, 2.24) is 0 Å². The predicted molar refractivity (Wildman–Crippen MR) is 71.5 cm³/mol. The average molecular weight is 230 g/mol. The molecule has 0 amide bonds. The fourth-order valence-electron chi connectivity index (χ4n) is 2.49. The van der Waals surface area contributed by atoms with Crippen LogP contribution >= 0.6 is 0 Å². The number of carbonyl (C=O) groups is 1. The van der Waals surface area contributed by atoms with E-state index in [1.807, 2.05) is 6.07 Å². The summed E-state index contributed by atoms with van der Waals surface area (Å²) in [4.78, 5) is 12.1. The number of Topliss-reactive ketones (excluding diaryl/α,β-unsaturated/α-hetero) is 1. The summed E-state index contributed by atoms with van der Waals surface area (Å²) in [7, 11) is 0. The van der Waals surface area contributed by atoms with Gasteiger partial charge in [0.1, 0.15) is 0 Å². The van der Waals surface area contributed by atoms with E-state index >= 15 is 0 Å². The van der Waals surface area contributed by atoms with Gasteiger partial charge in [-0.1, -0.05) is 32.4 Å². The number of aryl methyl sites for hydroxylation is 2. The molecule has 1 heteroatoms. The zero-order chi connectivity index (χ0) is 12.3. The highest BCUT2D eigenvalue weighted by atomic mass is 16.1. The fraction of sp³-hybridized carbons (Fsp3) is 0.562. The maximum atomic E-state index is 12.1. The Morgan fingerprint density at radius 2 is 1.94 bits per heavy atom. The first-order valence-corrected chi connectivity index (χ1v) is 6.85. The molecule has 2 rings (SSSR count). The third kappa shape index (κ3) is 2.96. The quantitative estimate of drug-likeness (QED) is 0.709. The molecule has 1 aliphatic carbocycles. The fourth-order valence-corrected chi connectivity index (χ4v) is 2.49. The largest absolute Gasteiger partial charge is 0.294 e. The minimum absolute atomic E-state index is 0.313. The SMILES string of the molecule is CCC(C)CC(=O)c1ccc2c(c1)CCCC2. The van der Waals surface area contributed by atoms with Crippen LogP contribution in [0, 0.1) is 5.92 Å². The highest BCUT2D eigenvalue weighted by molar-refractivity contribution is 5.96. The van der Waals surface area contributed by atoms with Gasteiger partial charge in [0.05, 0.1) is 0 Å². The van der Waals surface area contributed by atoms with Crippen molar-refractivity contribution in [3.8, 4) is 0 Å². The van der Waals surface area contributed by atoms with Crippen LogP contribution in [0.2, 0.25) is 0 Å². The van der Waals surface area contributed by atoms with Crippen molar-refractivity contribution in [2.75, 3.05) is 0 Å². The predicted octanol–water partition coefficient (Wildman–Crippen LogP) is 4.18. The van der Waals surface area contributed by atoms with Gasteiger partial charge in [-0.05, 0) is 48.8 Å². The Balaban J connectivity index is 2.13. The zero-order valence-electron chi connectivity index (χ0n) is 11.0. The number of fused-ring (bicyclic) bond motifs is 1. The van der Waals surface area contributed by atoms with Crippen molar-refractivity contribution in [1.29, 1.82) is 0 Å². The molecule has 0 aliphatic heterocycles. The zero-order valence-corrected chi connectivity index (χ0v) is 11.0. The molecule has 1 aromatic carbocycles. The Kier molecular flexibility index (Phi) is 3.98. The minimum atomic E-state index is 0.313. The average Bonchev–Trinajstić information content (AvgIpc) is 2.38. The highest BCUT2D eigenvalue weighted by Gasteiger charge is 2.14. The number of rotatable bonds is 4. The molecule has 0 spiro atoms. The van der Waals surface area contributed by atoms with Gasteiger partial charge in [-0.2, -0.15) is 0 Å². The van der Waals surface area contributed by atoms with E-state index in [1.54, 1.807) is 0 Å². The number of ketones is 1. The van der Waals surface area contributed by atoms with Crippen LogP contribution < -0.4 is 0 Å². The Morgan fingerprint density at radius 3 is 2.65 bits per heavy atom. The third-order valence-electron chi connectivity index (χ3n) is 3.90. The number of hydrogen-bond acceptors (Lipinski definition) is 1. The molecule has 1 aromatic rings. The van der Waals surface area contributed by atoms with Gasteiger partial charge in [0.2, 0.25) is 0 Å². The maximum Gasteiger partial charge on any atom is 0.163 e. The topological polar surface area (TPSA) is 17.1 Å². The summed E-state index contributed by atoms with van der Waals surface area (Å²) >= 11 is 0.